The zero-order valence-corrected chi connectivity index (χ0v) is 11.5. The lowest BCUT2D eigenvalue weighted by Gasteiger charge is -2.39. The normalized spacial score (nSPS) is 28.1. The number of hydrogen-bond donors (Lipinski definition) is 2. The molecule has 1 aliphatic rings. The number of aromatic nitrogens is 2. The molecule has 0 aliphatic heterocycles. The Balaban J connectivity index is 2.12. The lowest BCUT2D eigenvalue weighted by molar-refractivity contribution is 0.155. The molecule has 2 rings (SSSR count). The Hall–Kier alpha value is -1.16. The third-order valence-electron chi connectivity index (χ3n) is 4.12. The summed E-state index contributed by atoms with van der Waals surface area (Å²) in [6.45, 7) is 6.35. The van der Waals surface area contributed by atoms with E-state index in [9.17, 15) is 5.11 Å². The molecule has 1 aliphatic carbocycles. The van der Waals surface area contributed by atoms with E-state index < -0.39 is 0 Å². The van der Waals surface area contributed by atoms with E-state index in [0.29, 0.717) is 0 Å². The number of aryl methyl sites for hydroxylation is 2. The van der Waals surface area contributed by atoms with Gasteiger partial charge in [0.15, 0.2) is 0 Å². The van der Waals surface area contributed by atoms with Crippen molar-refractivity contribution in [2.24, 2.45) is 5.92 Å². The summed E-state index contributed by atoms with van der Waals surface area (Å²) in [4.78, 5) is 8.81. The predicted octanol–water partition coefficient (Wildman–Crippen LogP) is 2.45. The van der Waals surface area contributed by atoms with Crippen LogP contribution in [0, 0.1) is 19.8 Å². The molecule has 18 heavy (non-hydrogen) atoms. The Morgan fingerprint density at radius 2 is 2.00 bits per heavy atom. The van der Waals surface area contributed by atoms with E-state index in [1.54, 1.807) is 6.20 Å². The number of anilines is 1. The lowest BCUT2D eigenvalue weighted by Crippen LogP contribution is -2.45. The fourth-order valence-electron chi connectivity index (χ4n) is 2.51. The average Bonchev–Trinajstić information content (AvgIpc) is 2.37. The maximum absolute atomic E-state index is 9.70. The third kappa shape index (κ3) is 2.80. The molecule has 1 saturated carbocycles. The largest absolute Gasteiger partial charge is 0.394 e. The number of aliphatic hydroxyl groups is 1. The summed E-state index contributed by atoms with van der Waals surface area (Å²) in [5.41, 5.74) is 1.69. The van der Waals surface area contributed by atoms with E-state index in [4.69, 9.17) is 0 Å². The molecule has 0 atom stereocenters. The third-order valence-corrected chi connectivity index (χ3v) is 4.12. The van der Waals surface area contributed by atoms with E-state index in [1.807, 2.05) is 13.8 Å². The molecule has 4 heteroatoms. The van der Waals surface area contributed by atoms with Crippen molar-refractivity contribution in [3.05, 3.63) is 17.6 Å². The molecule has 1 heterocycles. The number of rotatable bonds is 3. The van der Waals surface area contributed by atoms with Gasteiger partial charge in [-0.05, 0) is 45.4 Å². The SMILES string of the molecule is Cc1ncc(NC2(CO)CCC(C)CC2)nc1C. The maximum atomic E-state index is 9.70. The molecule has 0 saturated heterocycles. The van der Waals surface area contributed by atoms with Crippen molar-refractivity contribution in [2.45, 2.75) is 52.0 Å². The van der Waals surface area contributed by atoms with Gasteiger partial charge in [-0.15, -0.1) is 0 Å². The fraction of sp³-hybridized carbons (Fsp3) is 0.714. The summed E-state index contributed by atoms with van der Waals surface area (Å²) in [5.74, 6) is 1.54. The molecule has 0 radical (unpaired) electrons. The monoisotopic (exact) mass is 249 g/mol. The number of nitrogens with one attached hydrogen (secondary N) is 1. The van der Waals surface area contributed by atoms with Crippen LogP contribution >= 0.6 is 0 Å². The molecule has 1 fully saturated rings. The Kier molecular flexibility index (Phi) is 3.85. The van der Waals surface area contributed by atoms with Gasteiger partial charge in [0.05, 0.1) is 29.7 Å². The van der Waals surface area contributed by atoms with Gasteiger partial charge in [-0.3, -0.25) is 4.98 Å². The molecular formula is C14H23N3O. The van der Waals surface area contributed by atoms with Gasteiger partial charge in [0.2, 0.25) is 0 Å². The highest BCUT2D eigenvalue weighted by Crippen LogP contribution is 2.33. The zero-order chi connectivity index (χ0) is 13.2. The van der Waals surface area contributed by atoms with Crippen LogP contribution in [0.1, 0.15) is 44.0 Å². The van der Waals surface area contributed by atoms with E-state index in [1.165, 1.54) is 0 Å². The Morgan fingerprint density at radius 1 is 1.33 bits per heavy atom. The second-order valence-electron chi connectivity index (χ2n) is 5.67. The van der Waals surface area contributed by atoms with Crippen molar-refractivity contribution in [3.63, 3.8) is 0 Å². The van der Waals surface area contributed by atoms with Crippen molar-refractivity contribution >= 4 is 5.82 Å². The van der Waals surface area contributed by atoms with Crippen LogP contribution in [0.15, 0.2) is 6.20 Å². The second kappa shape index (κ2) is 5.22. The van der Waals surface area contributed by atoms with Gasteiger partial charge in [-0.25, -0.2) is 4.98 Å². The van der Waals surface area contributed by atoms with Crippen LogP contribution in [-0.4, -0.2) is 27.2 Å². The van der Waals surface area contributed by atoms with E-state index in [0.717, 1.165) is 48.8 Å². The number of aliphatic hydroxyl groups excluding tert-OH is 1. The molecule has 0 amide bonds. The molecule has 0 bridgehead atoms. The molecule has 0 aromatic carbocycles. The highest BCUT2D eigenvalue weighted by atomic mass is 16.3. The van der Waals surface area contributed by atoms with E-state index in [-0.39, 0.29) is 12.1 Å². The molecule has 4 nitrogen and oxygen atoms in total. The first-order valence-corrected chi connectivity index (χ1v) is 6.74. The van der Waals surface area contributed by atoms with Gasteiger partial charge < -0.3 is 10.4 Å². The van der Waals surface area contributed by atoms with Crippen LogP contribution < -0.4 is 5.32 Å². The molecule has 100 valence electrons. The Bertz CT molecular complexity index is 412. The minimum absolute atomic E-state index is 0.161. The molecule has 1 aromatic heterocycles. The van der Waals surface area contributed by atoms with Crippen molar-refractivity contribution in [1.82, 2.24) is 9.97 Å². The Morgan fingerprint density at radius 3 is 2.56 bits per heavy atom. The first-order valence-electron chi connectivity index (χ1n) is 6.74. The van der Waals surface area contributed by atoms with Crippen molar-refractivity contribution < 1.29 is 5.11 Å². The van der Waals surface area contributed by atoms with Crippen molar-refractivity contribution in [1.29, 1.82) is 0 Å². The summed E-state index contributed by atoms with van der Waals surface area (Å²) in [6, 6.07) is 0. The molecular weight excluding hydrogens is 226 g/mol. The van der Waals surface area contributed by atoms with Gasteiger partial charge in [-0.1, -0.05) is 6.92 Å². The number of hydrogen-bond acceptors (Lipinski definition) is 4. The van der Waals surface area contributed by atoms with Crippen LogP contribution in [0.2, 0.25) is 0 Å². The summed E-state index contributed by atoms with van der Waals surface area (Å²) in [7, 11) is 0. The van der Waals surface area contributed by atoms with Crippen LogP contribution in [-0.2, 0) is 0 Å². The van der Waals surface area contributed by atoms with Gasteiger partial charge in [0.25, 0.3) is 0 Å². The number of nitrogens with zero attached hydrogens (tertiary/aromatic N) is 2. The first kappa shape index (κ1) is 13.3. The molecule has 1 aromatic rings. The summed E-state index contributed by atoms with van der Waals surface area (Å²) >= 11 is 0. The predicted molar refractivity (Wildman–Crippen MR) is 72.6 cm³/mol. The molecule has 0 unspecified atom stereocenters. The smallest absolute Gasteiger partial charge is 0.145 e. The van der Waals surface area contributed by atoms with E-state index in [2.05, 4.69) is 22.2 Å². The quantitative estimate of drug-likeness (QED) is 0.864. The van der Waals surface area contributed by atoms with Gasteiger partial charge >= 0.3 is 0 Å². The highest BCUT2D eigenvalue weighted by molar-refractivity contribution is 5.37. The van der Waals surface area contributed by atoms with Gasteiger partial charge in [0, 0.05) is 0 Å². The van der Waals surface area contributed by atoms with Crippen molar-refractivity contribution in [3.8, 4) is 0 Å². The van der Waals surface area contributed by atoms with Crippen LogP contribution in [0.3, 0.4) is 0 Å². The highest BCUT2D eigenvalue weighted by Gasteiger charge is 2.33. The summed E-state index contributed by atoms with van der Waals surface area (Å²) < 4.78 is 0. The minimum Gasteiger partial charge on any atom is -0.394 e. The maximum Gasteiger partial charge on any atom is 0.145 e. The standard InChI is InChI=1S/C14H23N3O/c1-10-4-6-14(9-18,7-5-10)17-13-8-15-11(2)12(3)16-13/h8,10,18H,4-7,9H2,1-3H3,(H,16,17). The van der Waals surface area contributed by atoms with E-state index >= 15 is 0 Å². The topological polar surface area (TPSA) is 58.0 Å². The molecule has 0 spiro atoms. The lowest BCUT2D eigenvalue weighted by atomic mass is 9.77. The van der Waals surface area contributed by atoms with Gasteiger partial charge in [0.1, 0.15) is 5.82 Å². The second-order valence-corrected chi connectivity index (χ2v) is 5.67. The fourth-order valence-corrected chi connectivity index (χ4v) is 2.51. The Labute approximate surface area is 109 Å². The molecule has 2 N–H and O–H groups in total. The summed E-state index contributed by atoms with van der Waals surface area (Å²) in [6.07, 6.45) is 6.08. The first-order chi connectivity index (χ1) is 8.54. The zero-order valence-electron chi connectivity index (χ0n) is 11.5. The van der Waals surface area contributed by atoms with Crippen molar-refractivity contribution in [2.75, 3.05) is 11.9 Å². The average molecular weight is 249 g/mol. The van der Waals surface area contributed by atoms with Crippen LogP contribution in [0.4, 0.5) is 5.82 Å². The summed E-state index contributed by atoms with van der Waals surface area (Å²) in [5, 5.41) is 13.1. The van der Waals surface area contributed by atoms with Gasteiger partial charge in [-0.2, -0.15) is 0 Å². The van der Waals surface area contributed by atoms with Crippen LogP contribution in [0.5, 0.6) is 0 Å². The van der Waals surface area contributed by atoms with Crippen LogP contribution in [0.25, 0.3) is 0 Å². The minimum atomic E-state index is -0.205.